The van der Waals surface area contributed by atoms with E-state index in [1.54, 1.807) is 37.4 Å². The first kappa shape index (κ1) is 18.4. The lowest BCUT2D eigenvalue weighted by Crippen LogP contribution is -2.42. The number of carbonyl (C=O) groups excluding carboxylic acids is 1. The van der Waals surface area contributed by atoms with Crippen molar-refractivity contribution < 1.29 is 14.6 Å². The van der Waals surface area contributed by atoms with Crippen molar-refractivity contribution in [2.45, 2.75) is 43.9 Å². The monoisotopic (exact) mass is 380 g/mol. The lowest BCUT2D eigenvalue weighted by atomic mass is 10.0. The number of rotatable bonds is 5. The molecular weight excluding hydrogens is 356 g/mol. The summed E-state index contributed by atoms with van der Waals surface area (Å²) in [6, 6.07) is 9.87. The third kappa shape index (κ3) is 4.14. The van der Waals surface area contributed by atoms with Crippen LogP contribution in [-0.2, 0) is 4.79 Å². The number of phenols is 1. The van der Waals surface area contributed by atoms with Gasteiger partial charge in [0.25, 0.3) is 0 Å². The van der Waals surface area contributed by atoms with Gasteiger partial charge in [0, 0.05) is 36.8 Å². The number of aromatic nitrogens is 2. The van der Waals surface area contributed by atoms with Crippen molar-refractivity contribution in [2.75, 3.05) is 7.05 Å². The van der Waals surface area contributed by atoms with Gasteiger partial charge in [-0.05, 0) is 55.5 Å². The highest BCUT2D eigenvalue weighted by Crippen LogP contribution is 2.31. The van der Waals surface area contributed by atoms with Crippen LogP contribution in [0.1, 0.15) is 31.2 Å². The van der Waals surface area contributed by atoms with Gasteiger partial charge in [0.05, 0.1) is 5.69 Å². The van der Waals surface area contributed by atoms with E-state index < -0.39 is 0 Å². The topological polar surface area (TPSA) is 96.4 Å². The molecule has 1 aromatic heterocycles. The first-order valence-electron chi connectivity index (χ1n) is 9.60. The first-order valence-corrected chi connectivity index (χ1v) is 9.60. The Morgan fingerprint density at radius 1 is 1.21 bits per heavy atom. The van der Waals surface area contributed by atoms with Crippen molar-refractivity contribution in [2.24, 2.45) is 0 Å². The number of nitrogens with zero attached hydrogens (tertiary/aromatic N) is 2. The Labute approximate surface area is 163 Å². The van der Waals surface area contributed by atoms with Crippen LogP contribution in [0.3, 0.4) is 0 Å². The van der Waals surface area contributed by atoms with Gasteiger partial charge in [-0.3, -0.25) is 4.79 Å². The maximum Gasteiger partial charge on any atom is 0.243 e. The largest absolute Gasteiger partial charge is 0.507 e. The molecule has 3 N–H and O–H groups in total. The quantitative estimate of drug-likeness (QED) is 0.689. The fraction of sp³-hybridized carbons (Fsp3) is 0.381. The Hall–Kier alpha value is -2.93. The van der Waals surface area contributed by atoms with Crippen LogP contribution in [-0.4, -0.2) is 46.4 Å². The summed E-state index contributed by atoms with van der Waals surface area (Å²) in [7, 11) is 1.56. The third-order valence-corrected chi connectivity index (χ3v) is 5.33. The Balaban J connectivity index is 1.43. The van der Waals surface area contributed by atoms with Crippen LogP contribution in [0.4, 0.5) is 0 Å². The molecule has 2 aliphatic rings. The fourth-order valence-corrected chi connectivity index (χ4v) is 3.92. The summed E-state index contributed by atoms with van der Waals surface area (Å²) in [6.07, 6.45) is 7.69. The zero-order chi connectivity index (χ0) is 19.5. The summed E-state index contributed by atoms with van der Waals surface area (Å²) >= 11 is 0. The molecule has 2 saturated heterocycles. The van der Waals surface area contributed by atoms with Crippen LogP contribution < -0.4 is 15.4 Å². The van der Waals surface area contributed by atoms with E-state index in [1.807, 2.05) is 6.07 Å². The molecule has 2 bridgehead atoms. The highest BCUT2D eigenvalue weighted by molar-refractivity contribution is 5.91. The average molecular weight is 380 g/mol. The molecule has 1 amide bonds. The summed E-state index contributed by atoms with van der Waals surface area (Å²) in [4.78, 5) is 11.3. The predicted octanol–water partition coefficient (Wildman–Crippen LogP) is 2.27. The summed E-state index contributed by atoms with van der Waals surface area (Å²) in [5.74, 6) is 0.392. The Bertz CT molecular complexity index is 870. The maximum absolute atomic E-state index is 11.3. The number of hydrogen-bond donors (Lipinski definition) is 3. The molecule has 0 aliphatic carbocycles. The van der Waals surface area contributed by atoms with Gasteiger partial charge in [-0.1, -0.05) is 6.07 Å². The van der Waals surface area contributed by atoms with Gasteiger partial charge < -0.3 is 20.5 Å². The molecule has 0 radical (unpaired) electrons. The number of phenolic OH excluding ortho intramolecular Hbond substituents is 1. The van der Waals surface area contributed by atoms with Gasteiger partial charge in [-0.2, -0.15) is 0 Å². The first-order chi connectivity index (χ1) is 13.6. The lowest BCUT2D eigenvalue weighted by Gasteiger charge is -2.28. The van der Waals surface area contributed by atoms with Crippen molar-refractivity contribution in [1.82, 2.24) is 20.8 Å². The normalized spacial score (nSPS) is 23.7. The number of nitrogens with one attached hydrogen (secondary N) is 2. The van der Waals surface area contributed by atoms with E-state index in [0.29, 0.717) is 29.2 Å². The van der Waals surface area contributed by atoms with Crippen LogP contribution in [0, 0.1) is 0 Å². The van der Waals surface area contributed by atoms with Crippen LogP contribution in [0.25, 0.3) is 17.3 Å². The van der Waals surface area contributed by atoms with Crippen molar-refractivity contribution in [1.29, 1.82) is 0 Å². The summed E-state index contributed by atoms with van der Waals surface area (Å²) < 4.78 is 6.02. The Morgan fingerprint density at radius 3 is 2.64 bits per heavy atom. The van der Waals surface area contributed by atoms with Gasteiger partial charge >= 0.3 is 0 Å². The van der Waals surface area contributed by atoms with Crippen LogP contribution in [0.15, 0.2) is 36.4 Å². The summed E-state index contributed by atoms with van der Waals surface area (Å²) in [5.41, 5.74) is 1.87. The molecule has 7 nitrogen and oxygen atoms in total. The van der Waals surface area contributed by atoms with Crippen molar-refractivity contribution in [3.8, 4) is 22.9 Å². The zero-order valence-corrected chi connectivity index (χ0v) is 15.8. The smallest absolute Gasteiger partial charge is 0.243 e. The number of fused-ring (bicyclic) bond motifs is 2. The molecule has 3 heterocycles. The number of benzene rings is 1. The minimum atomic E-state index is -0.202. The molecule has 1 aromatic carbocycles. The number of aromatic hydroxyl groups is 1. The van der Waals surface area contributed by atoms with E-state index in [1.165, 1.54) is 18.9 Å². The molecular formula is C21H24N4O3. The standard InChI is InChI=1S/C21H24N4O3/c1-22-20(27)8-3-13-2-6-17(19(26)10-13)18-7-9-21(25-24-18)28-16-11-14-4-5-15(12-16)23-14/h2-3,6-10,14-16,23,26H,4-5,11-12H2,1H3,(H,22,27)/b8-3+/t14-,15+,16+. The predicted molar refractivity (Wildman–Crippen MR) is 106 cm³/mol. The van der Waals surface area contributed by atoms with Crippen molar-refractivity contribution in [3.05, 3.63) is 42.0 Å². The fourth-order valence-electron chi connectivity index (χ4n) is 3.92. The summed E-state index contributed by atoms with van der Waals surface area (Å²) in [5, 5.41) is 24.8. The Kier molecular flexibility index (Phi) is 5.25. The van der Waals surface area contributed by atoms with Gasteiger partial charge in [0.1, 0.15) is 11.9 Å². The van der Waals surface area contributed by atoms with E-state index in [4.69, 9.17) is 4.74 Å². The SMILES string of the molecule is CNC(=O)/C=C/c1ccc(-c2ccc(O[C@H]3C[C@H]4CC[C@@H](C3)N4)nn2)c(O)c1. The zero-order valence-electron chi connectivity index (χ0n) is 15.8. The molecule has 0 saturated carbocycles. The molecule has 3 atom stereocenters. The number of hydrogen-bond acceptors (Lipinski definition) is 6. The Morgan fingerprint density at radius 2 is 2.00 bits per heavy atom. The molecule has 0 spiro atoms. The van der Waals surface area contributed by atoms with E-state index in [2.05, 4.69) is 20.8 Å². The molecule has 146 valence electrons. The second kappa shape index (κ2) is 7.98. The van der Waals surface area contributed by atoms with E-state index in [0.717, 1.165) is 18.4 Å². The second-order valence-electron chi connectivity index (χ2n) is 7.33. The van der Waals surface area contributed by atoms with Crippen molar-refractivity contribution in [3.63, 3.8) is 0 Å². The van der Waals surface area contributed by atoms with Crippen molar-refractivity contribution >= 4 is 12.0 Å². The van der Waals surface area contributed by atoms with Crippen LogP contribution >= 0.6 is 0 Å². The number of amides is 1. The molecule has 4 rings (SSSR count). The number of ether oxygens (including phenoxy) is 1. The minimum absolute atomic E-state index is 0.0805. The molecule has 2 aromatic rings. The van der Waals surface area contributed by atoms with Crippen LogP contribution in [0.5, 0.6) is 11.6 Å². The van der Waals surface area contributed by atoms with Gasteiger partial charge in [0.15, 0.2) is 0 Å². The summed E-state index contributed by atoms with van der Waals surface area (Å²) in [6.45, 7) is 0. The third-order valence-electron chi connectivity index (χ3n) is 5.33. The van der Waals surface area contributed by atoms with E-state index >= 15 is 0 Å². The number of piperidine rings is 1. The molecule has 2 aliphatic heterocycles. The second-order valence-corrected chi connectivity index (χ2v) is 7.33. The molecule has 2 fully saturated rings. The lowest BCUT2D eigenvalue weighted by molar-refractivity contribution is -0.115. The average Bonchev–Trinajstić information content (AvgIpc) is 3.05. The highest BCUT2D eigenvalue weighted by Gasteiger charge is 2.34. The van der Waals surface area contributed by atoms with Gasteiger partial charge in [-0.15, -0.1) is 10.2 Å². The van der Waals surface area contributed by atoms with E-state index in [9.17, 15) is 9.90 Å². The van der Waals surface area contributed by atoms with Gasteiger partial charge in [-0.25, -0.2) is 0 Å². The van der Waals surface area contributed by atoms with E-state index in [-0.39, 0.29) is 17.8 Å². The van der Waals surface area contributed by atoms with Crippen LogP contribution in [0.2, 0.25) is 0 Å². The molecule has 28 heavy (non-hydrogen) atoms. The number of likely N-dealkylation sites (N-methyl/N-ethyl adjacent to an activating group) is 1. The number of carbonyl (C=O) groups is 1. The molecule has 7 heteroatoms. The highest BCUT2D eigenvalue weighted by atomic mass is 16.5. The molecule has 0 unspecified atom stereocenters. The maximum atomic E-state index is 11.3. The van der Waals surface area contributed by atoms with Gasteiger partial charge in [0.2, 0.25) is 11.8 Å². The minimum Gasteiger partial charge on any atom is -0.507 e.